The van der Waals surface area contributed by atoms with Crippen LogP contribution in [0.5, 0.6) is 5.75 Å². The van der Waals surface area contributed by atoms with Crippen molar-refractivity contribution in [1.82, 2.24) is 5.32 Å². The SMILES string of the molecule is CC[C@H](C)NCc1cc(Cl)cc(Cl)c1OC(C)C. The van der Waals surface area contributed by atoms with Crippen molar-refractivity contribution in [3.8, 4) is 5.75 Å². The highest BCUT2D eigenvalue weighted by atomic mass is 35.5. The maximum absolute atomic E-state index is 6.19. The van der Waals surface area contributed by atoms with Gasteiger partial charge >= 0.3 is 0 Å². The van der Waals surface area contributed by atoms with Crippen molar-refractivity contribution >= 4 is 23.2 Å². The lowest BCUT2D eigenvalue weighted by molar-refractivity contribution is 0.239. The summed E-state index contributed by atoms with van der Waals surface area (Å²) in [5.41, 5.74) is 1.00. The molecular weight excluding hydrogens is 269 g/mol. The Labute approximate surface area is 120 Å². The fraction of sp³-hybridized carbons (Fsp3) is 0.571. The van der Waals surface area contributed by atoms with E-state index in [0.29, 0.717) is 22.6 Å². The van der Waals surface area contributed by atoms with E-state index in [4.69, 9.17) is 27.9 Å². The second-order valence-corrected chi connectivity index (χ2v) is 5.58. The maximum Gasteiger partial charge on any atom is 0.142 e. The fourth-order valence-electron chi connectivity index (χ4n) is 1.54. The van der Waals surface area contributed by atoms with E-state index in [0.717, 1.165) is 17.7 Å². The Bertz CT molecular complexity index is 394. The lowest BCUT2D eigenvalue weighted by Gasteiger charge is -2.18. The highest BCUT2D eigenvalue weighted by Crippen LogP contribution is 2.33. The minimum absolute atomic E-state index is 0.0889. The van der Waals surface area contributed by atoms with Crippen LogP contribution < -0.4 is 10.1 Å². The highest BCUT2D eigenvalue weighted by molar-refractivity contribution is 6.35. The van der Waals surface area contributed by atoms with E-state index < -0.39 is 0 Å². The molecule has 0 spiro atoms. The van der Waals surface area contributed by atoms with Gasteiger partial charge in [-0.1, -0.05) is 30.1 Å². The van der Waals surface area contributed by atoms with Crippen LogP contribution in [0.15, 0.2) is 12.1 Å². The summed E-state index contributed by atoms with van der Waals surface area (Å²) < 4.78 is 5.77. The summed E-state index contributed by atoms with van der Waals surface area (Å²) in [5.74, 6) is 0.729. The fourth-order valence-corrected chi connectivity index (χ4v) is 2.12. The summed E-state index contributed by atoms with van der Waals surface area (Å²) in [6, 6.07) is 4.07. The van der Waals surface area contributed by atoms with Crippen LogP contribution in [-0.4, -0.2) is 12.1 Å². The molecule has 1 aromatic rings. The highest BCUT2D eigenvalue weighted by Gasteiger charge is 2.12. The zero-order valence-corrected chi connectivity index (χ0v) is 12.9. The lowest BCUT2D eigenvalue weighted by Crippen LogP contribution is -2.25. The van der Waals surface area contributed by atoms with Gasteiger partial charge in [0, 0.05) is 23.2 Å². The molecule has 1 atom stereocenters. The molecule has 2 nitrogen and oxygen atoms in total. The first kappa shape index (κ1) is 15.6. The van der Waals surface area contributed by atoms with Gasteiger partial charge in [-0.05, 0) is 39.3 Å². The molecule has 0 unspecified atom stereocenters. The molecule has 4 heteroatoms. The topological polar surface area (TPSA) is 21.3 Å². The average molecular weight is 290 g/mol. The Morgan fingerprint density at radius 2 is 1.89 bits per heavy atom. The van der Waals surface area contributed by atoms with E-state index in [2.05, 4.69) is 19.2 Å². The van der Waals surface area contributed by atoms with E-state index in [1.54, 1.807) is 6.07 Å². The van der Waals surface area contributed by atoms with Crippen LogP contribution in [0, 0.1) is 0 Å². The van der Waals surface area contributed by atoms with Gasteiger partial charge in [-0.25, -0.2) is 0 Å². The summed E-state index contributed by atoms with van der Waals surface area (Å²) in [6.45, 7) is 8.97. The van der Waals surface area contributed by atoms with Crippen LogP contribution in [0.1, 0.15) is 39.7 Å². The summed E-state index contributed by atoms with van der Waals surface area (Å²) in [5, 5.41) is 4.62. The molecule has 0 aliphatic heterocycles. The molecule has 0 saturated heterocycles. The van der Waals surface area contributed by atoms with E-state index >= 15 is 0 Å². The van der Waals surface area contributed by atoms with Crippen LogP contribution in [0.2, 0.25) is 10.0 Å². The van der Waals surface area contributed by atoms with E-state index in [1.807, 2.05) is 19.9 Å². The van der Waals surface area contributed by atoms with Crippen molar-refractivity contribution in [2.24, 2.45) is 0 Å². The molecule has 0 heterocycles. The second kappa shape index (κ2) is 7.22. The molecule has 0 amide bonds. The number of hydrogen-bond donors (Lipinski definition) is 1. The van der Waals surface area contributed by atoms with E-state index in [9.17, 15) is 0 Å². The van der Waals surface area contributed by atoms with Crippen LogP contribution in [-0.2, 0) is 6.54 Å². The molecule has 0 saturated carbocycles. The van der Waals surface area contributed by atoms with Crippen LogP contribution in [0.3, 0.4) is 0 Å². The van der Waals surface area contributed by atoms with Crippen LogP contribution >= 0.6 is 23.2 Å². The quantitative estimate of drug-likeness (QED) is 0.822. The molecule has 0 bridgehead atoms. The van der Waals surface area contributed by atoms with Crippen LogP contribution in [0.4, 0.5) is 0 Å². The number of halogens is 2. The summed E-state index contributed by atoms with van der Waals surface area (Å²) in [6.07, 6.45) is 1.17. The van der Waals surface area contributed by atoms with Gasteiger partial charge in [0.15, 0.2) is 0 Å². The first-order valence-corrected chi connectivity index (χ1v) is 7.07. The Hall–Kier alpha value is -0.440. The van der Waals surface area contributed by atoms with Gasteiger partial charge in [0.1, 0.15) is 5.75 Å². The maximum atomic E-state index is 6.19. The third kappa shape index (κ3) is 4.68. The molecule has 18 heavy (non-hydrogen) atoms. The smallest absolute Gasteiger partial charge is 0.142 e. The van der Waals surface area contributed by atoms with E-state index in [1.165, 1.54) is 0 Å². The minimum Gasteiger partial charge on any atom is -0.489 e. The average Bonchev–Trinajstić information content (AvgIpc) is 2.29. The molecule has 0 aliphatic carbocycles. The van der Waals surface area contributed by atoms with Crippen molar-refractivity contribution in [3.05, 3.63) is 27.7 Å². The number of hydrogen-bond acceptors (Lipinski definition) is 2. The number of nitrogens with one attached hydrogen (secondary N) is 1. The summed E-state index contributed by atoms with van der Waals surface area (Å²) >= 11 is 12.2. The number of rotatable bonds is 6. The first-order chi connectivity index (χ1) is 8.43. The van der Waals surface area contributed by atoms with E-state index in [-0.39, 0.29) is 6.10 Å². The van der Waals surface area contributed by atoms with Gasteiger partial charge in [-0.15, -0.1) is 0 Å². The molecule has 0 aromatic heterocycles. The zero-order valence-electron chi connectivity index (χ0n) is 11.4. The largest absolute Gasteiger partial charge is 0.489 e. The third-order valence-corrected chi connectivity index (χ3v) is 3.19. The van der Waals surface area contributed by atoms with Crippen molar-refractivity contribution < 1.29 is 4.74 Å². The minimum atomic E-state index is 0.0889. The molecule has 1 rings (SSSR count). The van der Waals surface area contributed by atoms with Crippen molar-refractivity contribution in [2.45, 2.75) is 52.8 Å². The molecule has 0 aliphatic rings. The summed E-state index contributed by atoms with van der Waals surface area (Å²) in [7, 11) is 0. The Morgan fingerprint density at radius 1 is 1.22 bits per heavy atom. The normalized spacial score (nSPS) is 12.8. The molecule has 1 N–H and O–H groups in total. The van der Waals surface area contributed by atoms with Crippen LogP contribution in [0.25, 0.3) is 0 Å². The van der Waals surface area contributed by atoms with Crippen molar-refractivity contribution in [1.29, 1.82) is 0 Å². The third-order valence-electron chi connectivity index (χ3n) is 2.69. The Balaban J connectivity index is 2.92. The van der Waals surface area contributed by atoms with Gasteiger partial charge in [0.05, 0.1) is 11.1 Å². The Morgan fingerprint density at radius 3 is 2.44 bits per heavy atom. The molecular formula is C14H21Cl2NO. The predicted molar refractivity (Wildman–Crippen MR) is 78.8 cm³/mol. The van der Waals surface area contributed by atoms with Crippen molar-refractivity contribution in [2.75, 3.05) is 0 Å². The Kier molecular flexibility index (Phi) is 6.27. The summed E-state index contributed by atoms with van der Waals surface area (Å²) in [4.78, 5) is 0. The number of benzene rings is 1. The second-order valence-electron chi connectivity index (χ2n) is 4.73. The molecule has 0 fully saturated rings. The van der Waals surface area contributed by atoms with Gasteiger partial charge in [0.25, 0.3) is 0 Å². The molecule has 102 valence electrons. The molecule has 0 radical (unpaired) electrons. The predicted octanol–water partition coefficient (Wildman–Crippen LogP) is 4.67. The van der Waals surface area contributed by atoms with Gasteiger partial charge in [-0.2, -0.15) is 0 Å². The zero-order chi connectivity index (χ0) is 13.7. The van der Waals surface area contributed by atoms with Crippen molar-refractivity contribution in [3.63, 3.8) is 0 Å². The van der Waals surface area contributed by atoms with Gasteiger partial charge < -0.3 is 10.1 Å². The monoisotopic (exact) mass is 289 g/mol. The van der Waals surface area contributed by atoms with Gasteiger partial charge in [-0.3, -0.25) is 0 Å². The first-order valence-electron chi connectivity index (χ1n) is 6.32. The standard InChI is InChI=1S/C14H21Cl2NO/c1-5-10(4)17-8-11-6-12(15)7-13(16)14(11)18-9(2)3/h6-7,9-10,17H,5,8H2,1-4H3/t10-/m0/s1. The van der Waals surface area contributed by atoms with Gasteiger partial charge in [0.2, 0.25) is 0 Å². The molecule has 1 aromatic carbocycles. The lowest BCUT2D eigenvalue weighted by atomic mass is 10.1. The number of ether oxygens (including phenoxy) is 1.